The van der Waals surface area contributed by atoms with Gasteiger partial charge in [-0.2, -0.15) is 0 Å². The summed E-state index contributed by atoms with van der Waals surface area (Å²) in [6, 6.07) is 10.4. The predicted octanol–water partition coefficient (Wildman–Crippen LogP) is 1.49. The quantitative estimate of drug-likeness (QED) is 0.276. The summed E-state index contributed by atoms with van der Waals surface area (Å²) in [6.07, 6.45) is 2.25. The van der Waals surface area contributed by atoms with Gasteiger partial charge in [0.2, 0.25) is 0 Å². The molecule has 0 unspecified atom stereocenters. The lowest BCUT2D eigenvalue weighted by atomic mass is 10.1. The van der Waals surface area contributed by atoms with Crippen LogP contribution in [0.3, 0.4) is 0 Å². The highest BCUT2D eigenvalue weighted by Crippen LogP contribution is 2.28. The second-order valence-corrected chi connectivity index (χ2v) is 6.60. The fraction of sp³-hybridized carbons (Fsp3) is 0.381. The molecule has 3 rings (SSSR count). The van der Waals surface area contributed by atoms with Crippen molar-refractivity contribution in [1.29, 1.82) is 0 Å². The van der Waals surface area contributed by atoms with Crippen LogP contribution in [0.4, 0.5) is 5.82 Å². The summed E-state index contributed by atoms with van der Waals surface area (Å²) in [5, 5.41) is 12.8. The largest absolute Gasteiger partial charge is 0.493 e. The minimum Gasteiger partial charge on any atom is -0.493 e. The highest BCUT2D eigenvalue weighted by molar-refractivity contribution is 5.98. The van der Waals surface area contributed by atoms with Crippen LogP contribution in [0.5, 0.6) is 11.5 Å². The van der Waals surface area contributed by atoms with Crippen molar-refractivity contribution >= 4 is 17.7 Å². The van der Waals surface area contributed by atoms with Crippen molar-refractivity contribution in [2.24, 2.45) is 0 Å². The van der Waals surface area contributed by atoms with Crippen molar-refractivity contribution in [3.8, 4) is 11.5 Å². The number of esters is 1. The van der Waals surface area contributed by atoms with E-state index >= 15 is 0 Å². The fourth-order valence-corrected chi connectivity index (χ4v) is 2.99. The molecule has 2 N–H and O–H groups in total. The predicted molar refractivity (Wildman–Crippen MR) is 107 cm³/mol. The van der Waals surface area contributed by atoms with Crippen molar-refractivity contribution in [1.82, 2.24) is 4.90 Å². The van der Waals surface area contributed by atoms with Crippen LogP contribution in [-0.4, -0.2) is 61.4 Å². The summed E-state index contributed by atoms with van der Waals surface area (Å²) in [4.78, 5) is 25.9. The number of ether oxygens (including phenoxy) is 3. The van der Waals surface area contributed by atoms with Gasteiger partial charge in [-0.1, -0.05) is 10.8 Å². The number of carbonyl (C=O) groups is 2. The van der Waals surface area contributed by atoms with Gasteiger partial charge >= 0.3 is 11.8 Å². The molecule has 9 heteroatoms. The molecule has 0 saturated carbocycles. The first kappa shape index (κ1) is 21.2. The van der Waals surface area contributed by atoms with Gasteiger partial charge in [0.15, 0.2) is 0 Å². The maximum absolute atomic E-state index is 12.7. The molecule has 30 heavy (non-hydrogen) atoms. The zero-order valence-electron chi connectivity index (χ0n) is 16.9. The van der Waals surface area contributed by atoms with Gasteiger partial charge in [0.25, 0.3) is 5.91 Å². The van der Waals surface area contributed by atoms with E-state index in [-0.39, 0.29) is 25.7 Å². The third-order valence-electron chi connectivity index (χ3n) is 4.45. The molecule has 2 heterocycles. The number of anilines is 1. The summed E-state index contributed by atoms with van der Waals surface area (Å²) in [6.45, 7) is 3.55. The van der Waals surface area contributed by atoms with E-state index in [0.717, 1.165) is 4.73 Å². The van der Waals surface area contributed by atoms with Crippen LogP contribution in [0.1, 0.15) is 23.7 Å². The molecule has 1 aliphatic rings. The van der Waals surface area contributed by atoms with Gasteiger partial charge in [0, 0.05) is 18.6 Å². The number of pyridine rings is 1. The third kappa shape index (κ3) is 5.53. The first-order chi connectivity index (χ1) is 14.6. The van der Waals surface area contributed by atoms with Crippen molar-refractivity contribution in [2.45, 2.75) is 13.3 Å². The molecule has 0 spiro atoms. The number of nitrogens with one attached hydrogen (secondary N) is 1. The van der Waals surface area contributed by atoms with E-state index in [1.165, 1.54) is 4.90 Å². The number of benzene rings is 1. The number of fused-ring (bicyclic) bond motifs is 1. The monoisotopic (exact) mass is 416 g/mol. The van der Waals surface area contributed by atoms with Crippen LogP contribution in [0.2, 0.25) is 0 Å². The summed E-state index contributed by atoms with van der Waals surface area (Å²) in [5.41, 5.74) is 0.391. The van der Waals surface area contributed by atoms with Crippen LogP contribution in [0.25, 0.3) is 0 Å². The van der Waals surface area contributed by atoms with E-state index in [9.17, 15) is 14.8 Å². The Morgan fingerprint density at radius 1 is 1.33 bits per heavy atom. The van der Waals surface area contributed by atoms with E-state index in [2.05, 4.69) is 5.32 Å². The zero-order valence-corrected chi connectivity index (χ0v) is 16.9. The summed E-state index contributed by atoms with van der Waals surface area (Å²) in [5.74, 6) is 0.920. The molecule has 1 aromatic carbocycles. The van der Waals surface area contributed by atoms with Crippen molar-refractivity contribution in [3.63, 3.8) is 0 Å². The van der Waals surface area contributed by atoms with Gasteiger partial charge in [-0.25, -0.2) is 0 Å². The number of aromatic nitrogens is 1. The standard InChI is InChI=1S/C21H25N3O6/c1-2-28-20(25)15-23-11-13-30-18-14-16(7-8-17(18)21(23)26)29-12-5-9-22-19-6-3-4-10-24(19)27/h3-4,6-8,10,14,27H,2,5,9,11-13,15H2,1H3/p+1. The van der Waals surface area contributed by atoms with Crippen molar-refractivity contribution < 1.29 is 33.7 Å². The fourth-order valence-electron chi connectivity index (χ4n) is 2.99. The number of hydrogen-bond acceptors (Lipinski definition) is 7. The Morgan fingerprint density at radius 2 is 2.20 bits per heavy atom. The molecule has 0 saturated heterocycles. The first-order valence-corrected chi connectivity index (χ1v) is 9.87. The van der Waals surface area contributed by atoms with E-state index in [4.69, 9.17) is 14.2 Å². The van der Waals surface area contributed by atoms with Crippen molar-refractivity contribution in [3.05, 3.63) is 48.2 Å². The number of nitrogens with zero attached hydrogens (tertiary/aromatic N) is 2. The van der Waals surface area contributed by atoms with Gasteiger partial charge in [-0.05, 0) is 25.1 Å². The number of amides is 1. The topological polar surface area (TPSA) is 101 Å². The Kier molecular flexibility index (Phi) is 7.31. The molecule has 1 aliphatic heterocycles. The summed E-state index contributed by atoms with van der Waals surface area (Å²) >= 11 is 0. The van der Waals surface area contributed by atoms with Gasteiger partial charge in [0.1, 0.15) is 30.8 Å². The van der Waals surface area contributed by atoms with Crippen LogP contribution in [-0.2, 0) is 9.53 Å². The van der Waals surface area contributed by atoms with Gasteiger partial charge in [-0.3, -0.25) is 14.9 Å². The van der Waals surface area contributed by atoms with Crippen LogP contribution >= 0.6 is 0 Å². The third-order valence-corrected chi connectivity index (χ3v) is 4.45. The van der Waals surface area contributed by atoms with Gasteiger partial charge in [0.05, 0.1) is 31.9 Å². The van der Waals surface area contributed by atoms with E-state index < -0.39 is 5.97 Å². The van der Waals surface area contributed by atoms with E-state index in [1.807, 2.05) is 6.07 Å². The van der Waals surface area contributed by atoms with Crippen molar-refractivity contribution in [2.75, 3.05) is 44.8 Å². The lowest BCUT2D eigenvalue weighted by Gasteiger charge is -2.18. The lowest BCUT2D eigenvalue weighted by Crippen LogP contribution is -2.37. The smallest absolute Gasteiger partial charge is 0.325 e. The molecular formula is C21H26N3O6+. The molecule has 2 aromatic rings. The molecule has 0 bridgehead atoms. The Bertz CT molecular complexity index is 889. The summed E-state index contributed by atoms with van der Waals surface area (Å²) in [7, 11) is 0. The number of carbonyl (C=O) groups excluding carboxylic acids is 2. The molecule has 0 atom stereocenters. The maximum Gasteiger partial charge on any atom is 0.325 e. The number of hydrogen-bond donors (Lipinski definition) is 2. The second-order valence-electron chi connectivity index (χ2n) is 6.60. The highest BCUT2D eigenvalue weighted by Gasteiger charge is 2.26. The average molecular weight is 416 g/mol. The Hall–Kier alpha value is -3.49. The normalized spacial score (nSPS) is 13.1. The van der Waals surface area contributed by atoms with Gasteiger partial charge < -0.3 is 24.3 Å². The minimum absolute atomic E-state index is 0.101. The Balaban J connectivity index is 1.52. The molecule has 0 fully saturated rings. The Morgan fingerprint density at radius 3 is 3.00 bits per heavy atom. The second kappa shape index (κ2) is 10.3. The summed E-state index contributed by atoms with van der Waals surface area (Å²) < 4.78 is 17.4. The van der Waals surface area contributed by atoms with Gasteiger partial charge in [-0.15, -0.1) is 0 Å². The SMILES string of the molecule is CCOC(=O)CN1CCOc2cc(OCCCNc3cccc[n+]3O)ccc2C1=O. The molecule has 0 radical (unpaired) electrons. The first-order valence-electron chi connectivity index (χ1n) is 9.87. The molecule has 1 amide bonds. The van der Waals surface area contributed by atoms with Crippen LogP contribution in [0, 0.1) is 0 Å². The molecule has 160 valence electrons. The lowest BCUT2D eigenvalue weighted by molar-refractivity contribution is -0.893. The Labute approximate surface area is 174 Å². The zero-order chi connectivity index (χ0) is 21.3. The number of rotatable bonds is 9. The van der Waals surface area contributed by atoms with Crippen LogP contribution in [0.15, 0.2) is 42.6 Å². The maximum atomic E-state index is 12.7. The highest BCUT2D eigenvalue weighted by atomic mass is 16.5. The van der Waals surface area contributed by atoms with E-state index in [1.54, 1.807) is 43.5 Å². The molecule has 9 nitrogen and oxygen atoms in total. The van der Waals surface area contributed by atoms with Crippen LogP contribution < -0.4 is 19.5 Å². The molecule has 0 aliphatic carbocycles. The minimum atomic E-state index is -0.440. The molecular weight excluding hydrogens is 390 g/mol. The molecule has 1 aromatic heterocycles. The van der Waals surface area contributed by atoms with E-state index in [0.29, 0.717) is 49.0 Å². The average Bonchev–Trinajstić information content (AvgIpc) is 2.88.